The van der Waals surface area contributed by atoms with Crippen LogP contribution in [0.15, 0.2) is 35.2 Å². The topological polar surface area (TPSA) is 86.2 Å². The summed E-state index contributed by atoms with van der Waals surface area (Å²) in [6, 6.07) is 8.19. The first kappa shape index (κ1) is 14.5. The minimum absolute atomic E-state index is 0.0791. The maximum atomic E-state index is 11.6. The summed E-state index contributed by atoms with van der Waals surface area (Å²) in [7, 11) is -3.79. The van der Waals surface area contributed by atoms with E-state index in [9.17, 15) is 8.42 Å². The fraction of sp³-hybridized carbons (Fsp3) is 0.167. The molecule has 7 heteroatoms. The van der Waals surface area contributed by atoms with Crippen molar-refractivity contribution in [2.75, 3.05) is 0 Å². The molecule has 0 spiro atoms. The van der Waals surface area contributed by atoms with Gasteiger partial charge in [-0.15, -0.1) is 11.3 Å². The van der Waals surface area contributed by atoms with Gasteiger partial charge in [-0.1, -0.05) is 17.7 Å². The van der Waals surface area contributed by atoms with Crippen molar-refractivity contribution in [3.8, 4) is 10.4 Å². The van der Waals surface area contributed by atoms with Crippen LogP contribution in [-0.2, 0) is 10.0 Å². The van der Waals surface area contributed by atoms with E-state index in [0.29, 0.717) is 9.90 Å². The van der Waals surface area contributed by atoms with Crippen LogP contribution in [0.4, 0.5) is 0 Å². The molecule has 1 unspecified atom stereocenters. The number of rotatable bonds is 3. The van der Waals surface area contributed by atoms with Gasteiger partial charge in [0, 0.05) is 16.5 Å². The Labute approximate surface area is 121 Å². The second-order valence-electron chi connectivity index (χ2n) is 4.19. The lowest BCUT2D eigenvalue weighted by Crippen LogP contribution is -2.14. The van der Waals surface area contributed by atoms with E-state index in [4.69, 9.17) is 22.5 Å². The van der Waals surface area contributed by atoms with Crippen LogP contribution in [0.2, 0.25) is 4.34 Å². The molecule has 0 amide bonds. The molecule has 0 saturated heterocycles. The fourth-order valence-electron chi connectivity index (χ4n) is 1.73. The van der Waals surface area contributed by atoms with Gasteiger partial charge in [-0.05, 0) is 36.8 Å². The Morgan fingerprint density at radius 3 is 2.42 bits per heavy atom. The number of benzene rings is 1. The number of hydrogen-bond donors (Lipinski definition) is 2. The molecular weight excluding hydrogens is 304 g/mol. The molecule has 102 valence electrons. The normalized spacial score (nSPS) is 13.5. The van der Waals surface area contributed by atoms with Crippen LogP contribution in [0, 0.1) is 0 Å². The Balaban J connectivity index is 2.70. The van der Waals surface area contributed by atoms with Crippen LogP contribution in [0.3, 0.4) is 0 Å². The molecule has 1 heterocycles. The van der Waals surface area contributed by atoms with Gasteiger partial charge in [-0.2, -0.15) is 0 Å². The van der Waals surface area contributed by atoms with Crippen LogP contribution < -0.4 is 10.9 Å². The van der Waals surface area contributed by atoms with E-state index in [0.717, 1.165) is 10.4 Å². The Morgan fingerprint density at radius 2 is 1.95 bits per heavy atom. The number of primary sulfonamides is 1. The molecule has 0 saturated carbocycles. The number of halogens is 1. The smallest absolute Gasteiger partial charge is 0.238 e. The molecule has 1 aromatic carbocycles. The molecule has 1 aromatic heterocycles. The molecule has 1 atom stereocenters. The third kappa shape index (κ3) is 3.16. The van der Waals surface area contributed by atoms with Gasteiger partial charge in [-0.3, -0.25) is 0 Å². The van der Waals surface area contributed by atoms with Crippen LogP contribution in [0.5, 0.6) is 0 Å². The average Bonchev–Trinajstić information content (AvgIpc) is 2.73. The second-order valence-corrected chi connectivity index (χ2v) is 7.44. The lowest BCUT2D eigenvalue weighted by Gasteiger charge is -2.11. The number of sulfonamides is 1. The highest BCUT2D eigenvalue weighted by molar-refractivity contribution is 7.89. The van der Waals surface area contributed by atoms with Crippen molar-refractivity contribution in [1.29, 1.82) is 0 Å². The van der Waals surface area contributed by atoms with Gasteiger partial charge in [-0.25, -0.2) is 13.6 Å². The van der Waals surface area contributed by atoms with Gasteiger partial charge in [0.25, 0.3) is 0 Å². The summed E-state index contributed by atoms with van der Waals surface area (Å²) in [5.74, 6) is 0. The van der Waals surface area contributed by atoms with Crippen molar-refractivity contribution >= 4 is 33.0 Å². The van der Waals surface area contributed by atoms with Crippen LogP contribution in [0.1, 0.15) is 18.5 Å². The SMILES string of the molecule is CC(N)c1ccc(S(N)(=O)=O)c(-c2ccc(Cl)s2)c1. The molecule has 0 aliphatic carbocycles. The first-order valence-corrected chi connectivity index (χ1v) is 8.21. The third-order valence-electron chi connectivity index (χ3n) is 2.67. The molecule has 0 aliphatic rings. The quantitative estimate of drug-likeness (QED) is 0.912. The van der Waals surface area contributed by atoms with E-state index in [1.54, 1.807) is 24.3 Å². The number of hydrogen-bond acceptors (Lipinski definition) is 4. The largest absolute Gasteiger partial charge is 0.324 e. The second kappa shape index (κ2) is 5.22. The summed E-state index contributed by atoms with van der Waals surface area (Å²) >= 11 is 7.19. The van der Waals surface area contributed by atoms with Crippen molar-refractivity contribution in [2.24, 2.45) is 10.9 Å². The summed E-state index contributed by atoms with van der Waals surface area (Å²) in [6.07, 6.45) is 0. The van der Waals surface area contributed by atoms with Crippen molar-refractivity contribution in [3.63, 3.8) is 0 Å². The van der Waals surface area contributed by atoms with E-state index in [2.05, 4.69) is 0 Å². The molecule has 0 bridgehead atoms. The molecule has 4 nitrogen and oxygen atoms in total. The summed E-state index contributed by atoms with van der Waals surface area (Å²) in [6.45, 7) is 1.83. The fourth-order valence-corrected chi connectivity index (χ4v) is 3.60. The summed E-state index contributed by atoms with van der Waals surface area (Å²) in [4.78, 5) is 0.826. The molecule has 0 radical (unpaired) electrons. The minimum Gasteiger partial charge on any atom is -0.324 e. The van der Waals surface area contributed by atoms with Crippen molar-refractivity contribution in [3.05, 3.63) is 40.2 Å². The third-order valence-corrected chi connectivity index (χ3v) is 4.91. The zero-order valence-electron chi connectivity index (χ0n) is 10.1. The van der Waals surface area contributed by atoms with Gasteiger partial charge in [0.05, 0.1) is 9.23 Å². The Kier molecular flexibility index (Phi) is 3.98. The molecule has 19 heavy (non-hydrogen) atoms. The van der Waals surface area contributed by atoms with Crippen LogP contribution in [0.25, 0.3) is 10.4 Å². The summed E-state index contributed by atoms with van der Waals surface area (Å²) < 4.78 is 23.9. The minimum atomic E-state index is -3.79. The Morgan fingerprint density at radius 1 is 1.26 bits per heavy atom. The molecule has 2 rings (SSSR count). The highest BCUT2D eigenvalue weighted by Gasteiger charge is 2.17. The zero-order valence-corrected chi connectivity index (χ0v) is 12.5. The molecule has 4 N–H and O–H groups in total. The van der Waals surface area contributed by atoms with Gasteiger partial charge < -0.3 is 5.73 Å². The van der Waals surface area contributed by atoms with Gasteiger partial charge in [0.15, 0.2) is 0 Å². The monoisotopic (exact) mass is 316 g/mol. The molecular formula is C12H13ClN2O2S2. The summed E-state index contributed by atoms with van der Waals surface area (Å²) in [5.41, 5.74) is 7.20. The van der Waals surface area contributed by atoms with E-state index in [-0.39, 0.29) is 10.9 Å². The van der Waals surface area contributed by atoms with Gasteiger partial charge >= 0.3 is 0 Å². The molecule has 0 aliphatic heterocycles. The van der Waals surface area contributed by atoms with Gasteiger partial charge in [0.2, 0.25) is 10.0 Å². The van der Waals surface area contributed by atoms with Crippen molar-refractivity contribution in [2.45, 2.75) is 17.9 Å². The predicted molar refractivity (Wildman–Crippen MR) is 78.7 cm³/mol. The van der Waals surface area contributed by atoms with Crippen molar-refractivity contribution < 1.29 is 8.42 Å². The molecule has 2 aromatic rings. The maximum Gasteiger partial charge on any atom is 0.238 e. The van der Waals surface area contributed by atoms with E-state index >= 15 is 0 Å². The highest BCUT2D eigenvalue weighted by Crippen LogP contribution is 2.35. The van der Waals surface area contributed by atoms with Crippen LogP contribution in [-0.4, -0.2) is 8.42 Å². The Bertz CT molecular complexity index is 708. The van der Waals surface area contributed by atoms with E-state index < -0.39 is 10.0 Å². The lowest BCUT2D eigenvalue weighted by atomic mass is 10.0. The zero-order chi connectivity index (χ0) is 14.2. The Hall–Kier alpha value is -0.920. The highest BCUT2D eigenvalue weighted by atomic mass is 35.5. The van der Waals surface area contributed by atoms with E-state index in [1.165, 1.54) is 17.4 Å². The average molecular weight is 317 g/mol. The van der Waals surface area contributed by atoms with Crippen molar-refractivity contribution in [1.82, 2.24) is 0 Å². The van der Waals surface area contributed by atoms with Gasteiger partial charge in [0.1, 0.15) is 0 Å². The van der Waals surface area contributed by atoms with Crippen LogP contribution >= 0.6 is 22.9 Å². The lowest BCUT2D eigenvalue weighted by molar-refractivity contribution is 0.598. The number of thiophene rings is 1. The standard InChI is InChI=1S/C12H13ClN2O2S2/c1-7(14)8-2-4-11(19(15,16)17)9(6-8)10-3-5-12(13)18-10/h2-7H,14H2,1H3,(H2,15,16,17). The summed E-state index contributed by atoms with van der Waals surface area (Å²) in [5, 5.41) is 5.24. The molecule has 0 fully saturated rings. The maximum absolute atomic E-state index is 11.6. The predicted octanol–water partition coefficient (Wildman–Crippen LogP) is 2.74. The van der Waals surface area contributed by atoms with E-state index in [1.807, 2.05) is 6.92 Å². The number of nitrogens with two attached hydrogens (primary N) is 2. The first-order chi connectivity index (χ1) is 8.79. The first-order valence-electron chi connectivity index (χ1n) is 5.47.